The summed E-state index contributed by atoms with van der Waals surface area (Å²) in [6.45, 7) is 0. The van der Waals surface area contributed by atoms with E-state index in [2.05, 4.69) is 15.4 Å². The summed E-state index contributed by atoms with van der Waals surface area (Å²) in [5, 5.41) is 6.61. The first-order valence-corrected chi connectivity index (χ1v) is 6.27. The number of nitrogens with zero attached hydrogens (tertiary/aromatic N) is 3. The van der Waals surface area contributed by atoms with E-state index in [9.17, 15) is 9.59 Å². The van der Waals surface area contributed by atoms with E-state index < -0.39 is 5.91 Å². The minimum Gasteiger partial charge on any atom is -0.486 e. The SMILES string of the molecule is COC=Nc1c2c(nn1-c1ccccc1)CC(=O)NC2=O. The number of rotatable bonds is 3. The molecule has 1 aliphatic heterocycles. The summed E-state index contributed by atoms with van der Waals surface area (Å²) in [6.07, 6.45) is 1.27. The van der Waals surface area contributed by atoms with Crippen molar-refractivity contribution in [1.29, 1.82) is 0 Å². The molecule has 7 heteroatoms. The van der Waals surface area contributed by atoms with Crippen molar-refractivity contribution in [2.24, 2.45) is 4.99 Å². The summed E-state index contributed by atoms with van der Waals surface area (Å²) >= 11 is 0. The molecule has 21 heavy (non-hydrogen) atoms. The summed E-state index contributed by atoms with van der Waals surface area (Å²) in [5.74, 6) is -0.526. The molecule has 1 aliphatic rings. The number of para-hydroxylation sites is 1. The highest BCUT2D eigenvalue weighted by Crippen LogP contribution is 2.28. The zero-order chi connectivity index (χ0) is 14.8. The molecule has 0 bridgehead atoms. The molecule has 0 spiro atoms. The van der Waals surface area contributed by atoms with Crippen LogP contribution < -0.4 is 5.32 Å². The maximum absolute atomic E-state index is 12.0. The summed E-state index contributed by atoms with van der Waals surface area (Å²) in [7, 11) is 1.46. The minimum atomic E-state index is -0.494. The van der Waals surface area contributed by atoms with Gasteiger partial charge in [-0.2, -0.15) is 5.10 Å². The van der Waals surface area contributed by atoms with Gasteiger partial charge in [-0.15, -0.1) is 0 Å². The van der Waals surface area contributed by atoms with Gasteiger partial charge in [0.1, 0.15) is 5.56 Å². The van der Waals surface area contributed by atoms with Crippen LogP contribution in [0.5, 0.6) is 0 Å². The molecule has 7 nitrogen and oxygen atoms in total. The Bertz CT molecular complexity index is 734. The second-order valence-corrected chi connectivity index (χ2v) is 4.42. The number of aliphatic imine (C=N–C) groups is 1. The van der Waals surface area contributed by atoms with Crippen molar-refractivity contribution in [2.75, 3.05) is 7.11 Å². The lowest BCUT2D eigenvalue weighted by Gasteiger charge is -2.09. The lowest BCUT2D eigenvalue weighted by atomic mass is 10.1. The zero-order valence-electron chi connectivity index (χ0n) is 11.2. The van der Waals surface area contributed by atoms with E-state index >= 15 is 0 Å². The standard InChI is InChI=1S/C14H12N4O3/c1-21-8-15-13-12-10(7-11(19)16-14(12)20)17-18(13)9-5-3-2-4-6-9/h2-6,8H,7H2,1H3,(H,16,19,20). The first-order chi connectivity index (χ1) is 10.2. The van der Waals surface area contributed by atoms with Crippen LogP contribution in [-0.4, -0.2) is 35.1 Å². The molecule has 0 saturated heterocycles. The molecule has 2 amide bonds. The Labute approximate surface area is 120 Å². The highest BCUT2D eigenvalue weighted by Gasteiger charge is 2.30. The Morgan fingerprint density at radius 2 is 2.10 bits per heavy atom. The van der Waals surface area contributed by atoms with Gasteiger partial charge in [-0.1, -0.05) is 18.2 Å². The fourth-order valence-electron chi connectivity index (χ4n) is 2.17. The van der Waals surface area contributed by atoms with Gasteiger partial charge in [0.25, 0.3) is 5.91 Å². The maximum atomic E-state index is 12.0. The van der Waals surface area contributed by atoms with E-state index in [1.807, 2.05) is 30.3 Å². The van der Waals surface area contributed by atoms with Crippen molar-refractivity contribution in [3.8, 4) is 5.69 Å². The Balaban J connectivity index is 2.21. The average Bonchev–Trinajstić information content (AvgIpc) is 2.84. The topological polar surface area (TPSA) is 85.6 Å². The van der Waals surface area contributed by atoms with Crippen LogP contribution in [0.3, 0.4) is 0 Å². The molecule has 0 radical (unpaired) electrons. The lowest BCUT2D eigenvalue weighted by molar-refractivity contribution is -0.119. The summed E-state index contributed by atoms with van der Waals surface area (Å²) in [4.78, 5) is 27.6. The minimum absolute atomic E-state index is 0.0520. The van der Waals surface area contributed by atoms with E-state index in [1.54, 1.807) is 0 Å². The monoisotopic (exact) mass is 284 g/mol. The third-order valence-electron chi connectivity index (χ3n) is 3.02. The number of aromatic nitrogens is 2. The van der Waals surface area contributed by atoms with Crippen LogP contribution in [0.15, 0.2) is 35.3 Å². The van der Waals surface area contributed by atoms with Crippen LogP contribution in [0.2, 0.25) is 0 Å². The maximum Gasteiger partial charge on any atom is 0.263 e. The summed E-state index contributed by atoms with van der Waals surface area (Å²) in [6, 6.07) is 9.26. The average molecular weight is 284 g/mol. The largest absolute Gasteiger partial charge is 0.486 e. The molecule has 0 saturated carbocycles. The van der Waals surface area contributed by atoms with Crippen molar-refractivity contribution in [1.82, 2.24) is 15.1 Å². The molecule has 0 aliphatic carbocycles. The molecule has 106 valence electrons. The number of nitrogens with one attached hydrogen (secondary N) is 1. The first kappa shape index (κ1) is 13.0. The highest BCUT2D eigenvalue weighted by atomic mass is 16.5. The normalized spacial score (nSPS) is 14.1. The quantitative estimate of drug-likeness (QED) is 0.517. The first-order valence-electron chi connectivity index (χ1n) is 6.27. The smallest absolute Gasteiger partial charge is 0.263 e. The molecule has 0 atom stereocenters. The number of ether oxygens (including phenoxy) is 1. The van der Waals surface area contributed by atoms with Gasteiger partial charge in [0, 0.05) is 0 Å². The van der Waals surface area contributed by atoms with Crippen LogP contribution in [-0.2, 0) is 16.0 Å². The Kier molecular flexibility index (Phi) is 3.23. The zero-order valence-corrected chi connectivity index (χ0v) is 11.2. The Morgan fingerprint density at radius 3 is 2.81 bits per heavy atom. The molecular weight excluding hydrogens is 272 g/mol. The summed E-state index contributed by atoms with van der Waals surface area (Å²) in [5.41, 5.74) is 1.46. The van der Waals surface area contributed by atoms with Crippen molar-refractivity contribution in [3.05, 3.63) is 41.6 Å². The predicted octanol–water partition coefficient (Wildman–Crippen LogP) is 0.991. The van der Waals surface area contributed by atoms with Gasteiger partial charge in [-0.25, -0.2) is 9.67 Å². The van der Waals surface area contributed by atoms with Crippen LogP contribution in [0.4, 0.5) is 5.82 Å². The number of amides is 2. The van der Waals surface area contributed by atoms with Gasteiger partial charge >= 0.3 is 0 Å². The van der Waals surface area contributed by atoms with E-state index in [0.29, 0.717) is 17.1 Å². The van der Waals surface area contributed by atoms with E-state index in [-0.39, 0.29) is 12.3 Å². The van der Waals surface area contributed by atoms with Gasteiger partial charge < -0.3 is 4.74 Å². The highest BCUT2D eigenvalue weighted by molar-refractivity contribution is 6.12. The second kappa shape index (κ2) is 5.20. The third-order valence-corrected chi connectivity index (χ3v) is 3.02. The molecule has 2 heterocycles. The lowest BCUT2D eigenvalue weighted by Crippen LogP contribution is -2.36. The van der Waals surface area contributed by atoms with E-state index in [0.717, 1.165) is 5.69 Å². The number of fused-ring (bicyclic) bond motifs is 1. The molecule has 1 aromatic heterocycles. The molecule has 0 unspecified atom stereocenters. The second-order valence-electron chi connectivity index (χ2n) is 4.42. The number of carbonyl (C=O) groups excluding carboxylic acids is 2. The van der Waals surface area contributed by atoms with Crippen LogP contribution in [0.25, 0.3) is 5.69 Å². The van der Waals surface area contributed by atoms with Crippen molar-refractivity contribution in [3.63, 3.8) is 0 Å². The van der Waals surface area contributed by atoms with Gasteiger partial charge in [0.15, 0.2) is 12.2 Å². The molecule has 3 rings (SSSR count). The van der Waals surface area contributed by atoms with E-state index in [1.165, 1.54) is 18.2 Å². The molecule has 0 fully saturated rings. The number of methoxy groups -OCH3 is 1. The number of imide groups is 1. The Hall–Kier alpha value is -2.96. The molecular formula is C14H12N4O3. The molecule has 1 aromatic carbocycles. The van der Waals surface area contributed by atoms with Gasteiger partial charge in [0.05, 0.1) is 24.9 Å². The van der Waals surface area contributed by atoms with Gasteiger partial charge in [-0.05, 0) is 12.1 Å². The van der Waals surface area contributed by atoms with E-state index in [4.69, 9.17) is 4.74 Å². The fourth-order valence-corrected chi connectivity index (χ4v) is 2.17. The van der Waals surface area contributed by atoms with Crippen molar-refractivity contribution in [2.45, 2.75) is 6.42 Å². The van der Waals surface area contributed by atoms with Crippen LogP contribution >= 0.6 is 0 Å². The molecule has 1 N–H and O–H groups in total. The summed E-state index contributed by atoms with van der Waals surface area (Å²) < 4.78 is 6.35. The number of benzene rings is 1. The van der Waals surface area contributed by atoms with Crippen molar-refractivity contribution >= 4 is 24.0 Å². The van der Waals surface area contributed by atoms with Crippen LogP contribution in [0, 0.1) is 0 Å². The van der Waals surface area contributed by atoms with Gasteiger partial charge in [0.2, 0.25) is 5.91 Å². The predicted molar refractivity (Wildman–Crippen MR) is 74.9 cm³/mol. The van der Waals surface area contributed by atoms with Crippen LogP contribution in [0.1, 0.15) is 16.1 Å². The fraction of sp³-hybridized carbons (Fsp3) is 0.143. The molecule has 2 aromatic rings. The van der Waals surface area contributed by atoms with Crippen molar-refractivity contribution < 1.29 is 14.3 Å². The number of hydrogen-bond acceptors (Lipinski definition) is 5. The van der Waals surface area contributed by atoms with Gasteiger partial charge in [-0.3, -0.25) is 14.9 Å². The third kappa shape index (κ3) is 2.29. The number of carbonyl (C=O) groups is 2. The number of hydrogen-bond donors (Lipinski definition) is 1. The Morgan fingerprint density at radius 1 is 1.33 bits per heavy atom.